The van der Waals surface area contributed by atoms with Crippen LogP contribution in [0.4, 0.5) is 0 Å². The van der Waals surface area contributed by atoms with Crippen molar-refractivity contribution >= 4 is 21.4 Å². The summed E-state index contributed by atoms with van der Waals surface area (Å²) in [6.07, 6.45) is 0. The minimum Gasteiger partial charge on any atom is -0.314 e. The summed E-state index contributed by atoms with van der Waals surface area (Å²) in [7, 11) is -3.26. The van der Waals surface area contributed by atoms with Gasteiger partial charge in [-0.25, -0.2) is 8.42 Å². The van der Waals surface area contributed by atoms with Crippen molar-refractivity contribution in [3.8, 4) is 0 Å². The smallest absolute Gasteiger partial charge is 0.252 e. The number of sulfonamides is 1. The number of piperazine rings is 1. The van der Waals surface area contributed by atoms with Gasteiger partial charge in [-0.05, 0) is 18.4 Å². The van der Waals surface area contributed by atoms with Crippen LogP contribution in [0.25, 0.3) is 0 Å². The Labute approximate surface area is 94.0 Å². The number of thiophene rings is 1. The van der Waals surface area contributed by atoms with Crippen molar-refractivity contribution in [2.75, 3.05) is 19.6 Å². The lowest BCUT2D eigenvalue weighted by molar-refractivity contribution is 0.284. The van der Waals surface area contributed by atoms with Crippen LogP contribution in [0.1, 0.15) is 6.92 Å². The Kier molecular flexibility index (Phi) is 3.11. The third-order valence-corrected chi connectivity index (χ3v) is 5.88. The zero-order valence-corrected chi connectivity index (χ0v) is 10.1. The lowest BCUT2D eigenvalue weighted by Gasteiger charge is -2.32. The van der Waals surface area contributed by atoms with Gasteiger partial charge in [-0.2, -0.15) is 4.31 Å². The Morgan fingerprint density at radius 3 is 3.00 bits per heavy atom. The molecule has 1 saturated heterocycles. The molecule has 15 heavy (non-hydrogen) atoms. The molecule has 1 aromatic rings. The predicted molar refractivity (Wildman–Crippen MR) is 60.5 cm³/mol. The average molecular weight is 246 g/mol. The highest BCUT2D eigenvalue weighted by molar-refractivity contribution is 7.91. The van der Waals surface area contributed by atoms with Crippen molar-refractivity contribution in [3.63, 3.8) is 0 Å². The van der Waals surface area contributed by atoms with Gasteiger partial charge in [-0.1, -0.05) is 6.07 Å². The van der Waals surface area contributed by atoms with Crippen LogP contribution < -0.4 is 5.32 Å². The highest BCUT2D eigenvalue weighted by Gasteiger charge is 2.31. The molecule has 1 N–H and O–H groups in total. The summed E-state index contributed by atoms with van der Waals surface area (Å²) >= 11 is 1.28. The molecular formula is C9H14N2O2S2. The molecule has 84 valence electrons. The highest BCUT2D eigenvalue weighted by Crippen LogP contribution is 2.23. The number of nitrogens with zero attached hydrogens (tertiary/aromatic N) is 1. The molecule has 1 aliphatic heterocycles. The number of hydrogen-bond acceptors (Lipinski definition) is 4. The zero-order chi connectivity index (χ0) is 10.9. The number of rotatable bonds is 2. The van der Waals surface area contributed by atoms with Crippen LogP contribution in [0.3, 0.4) is 0 Å². The van der Waals surface area contributed by atoms with Crippen molar-refractivity contribution in [1.82, 2.24) is 9.62 Å². The van der Waals surface area contributed by atoms with Crippen LogP contribution in [0.5, 0.6) is 0 Å². The average Bonchev–Trinajstić information content (AvgIpc) is 2.71. The van der Waals surface area contributed by atoms with Crippen molar-refractivity contribution < 1.29 is 8.42 Å². The fourth-order valence-corrected chi connectivity index (χ4v) is 4.46. The van der Waals surface area contributed by atoms with Gasteiger partial charge in [0.05, 0.1) is 0 Å². The van der Waals surface area contributed by atoms with E-state index >= 15 is 0 Å². The van der Waals surface area contributed by atoms with E-state index in [1.165, 1.54) is 11.3 Å². The molecule has 1 atom stereocenters. The lowest BCUT2D eigenvalue weighted by Crippen LogP contribution is -2.51. The maximum Gasteiger partial charge on any atom is 0.252 e. The van der Waals surface area contributed by atoms with Gasteiger partial charge >= 0.3 is 0 Å². The van der Waals surface area contributed by atoms with Gasteiger partial charge < -0.3 is 5.32 Å². The summed E-state index contributed by atoms with van der Waals surface area (Å²) in [4.78, 5) is 0. The fraction of sp³-hybridized carbons (Fsp3) is 0.556. The van der Waals surface area contributed by atoms with Gasteiger partial charge in [-0.3, -0.25) is 0 Å². The summed E-state index contributed by atoms with van der Waals surface area (Å²) in [6.45, 7) is 3.94. The Hall–Kier alpha value is -0.430. The molecule has 0 radical (unpaired) electrons. The minimum atomic E-state index is -3.26. The third kappa shape index (κ3) is 2.08. The summed E-state index contributed by atoms with van der Waals surface area (Å²) < 4.78 is 26.4. The molecule has 1 unspecified atom stereocenters. The second kappa shape index (κ2) is 4.21. The Balaban J connectivity index is 2.29. The van der Waals surface area contributed by atoms with E-state index in [9.17, 15) is 8.42 Å². The molecule has 1 fully saturated rings. The molecule has 0 amide bonds. The highest BCUT2D eigenvalue weighted by atomic mass is 32.2. The van der Waals surface area contributed by atoms with Gasteiger partial charge in [0.2, 0.25) is 0 Å². The second-order valence-electron chi connectivity index (χ2n) is 3.60. The van der Waals surface area contributed by atoms with E-state index in [2.05, 4.69) is 5.32 Å². The van der Waals surface area contributed by atoms with E-state index in [4.69, 9.17) is 0 Å². The summed E-state index contributed by atoms with van der Waals surface area (Å²) in [5.41, 5.74) is 0. The van der Waals surface area contributed by atoms with Gasteiger partial charge in [0.15, 0.2) is 0 Å². The molecule has 1 aromatic heterocycles. The first-order valence-electron chi connectivity index (χ1n) is 4.88. The first-order valence-corrected chi connectivity index (χ1v) is 7.20. The molecule has 6 heteroatoms. The maximum absolute atomic E-state index is 12.2. The Morgan fingerprint density at radius 1 is 1.60 bits per heavy atom. The molecule has 2 rings (SSSR count). The lowest BCUT2D eigenvalue weighted by atomic mass is 10.3. The fourth-order valence-electron chi connectivity index (χ4n) is 1.71. The molecule has 2 heterocycles. The van der Waals surface area contributed by atoms with Crippen LogP contribution in [0.15, 0.2) is 21.7 Å². The van der Waals surface area contributed by atoms with Crippen LogP contribution in [0, 0.1) is 0 Å². The van der Waals surface area contributed by atoms with E-state index in [-0.39, 0.29) is 6.04 Å². The molecular weight excluding hydrogens is 232 g/mol. The predicted octanol–water partition coefficient (Wildman–Crippen LogP) is 0.730. The van der Waals surface area contributed by atoms with E-state index in [1.807, 2.05) is 6.92 Å². The molecule has 1 aliphatic rings. The summed E-state index contributed by atoms with van der Waals surface area (Å²) in [5, 5.41) is 4.97. The Bertz CT molecular complexity index is 413. The van der Waals surface area contributed by atoms with Gasteiger partial charge in [0.25, 0.3) is 10.0 Å². The van der Waals surface area contributed by atoms with Crippen molar-refractivity contribution in [2.45, 2.75) is 17.2 Å². The largest absolute Gasteiger partial charge is 0.314 e. The number of hydrogen-bond donors (Lipinski definition) is 1. The molecule has 4 nitrogen and oxygen atoms in total. The van der Waals surface area contributed by atoms with Crippen molar-refractivity contribution in [1.29, 1.82) is 0 Å². The zero-order valence-electron chi connectivity index (χ0n) is 8.51. The van der Waals surface area contributed by atoms with Crippen LogP contribution in [-0.4, -0.2) is 38.4 Å². The molecule has 0 aliphatic carbocycles. The van der Waals surface area contributed by atoms with Gasteiger partial charge in [0.1, 0.15) is 4.21 Å². The summed E-state index contributed by atoms with van der Waals surface area (Å²) in [6, 6.07) is 3.46. The Morgan fingerprint density at radius 2 is 2.40 bits per heavy atom. The molecule has 0 spiro atoms. The quantitative estimate of drug-likeness (QED) is 0.837. The maximum atomic E-state index is 12.2. The van der Waals surface area contributed by atoms with Crippen LogP contribution >= 0.6 is 11.3 Å². The topological polar surface area (TPSA) is 49.4 Å². The standard InChI is InChI=1S/C9H14N2O2S2/c1-8-7-10-4-5-11(8)15(12,13)9-3-2-6-14-9/h2-3,6,8,10H,4-5,7H2,1H3. The van der Waals surface area contributed by atoms with Gasteiger partial charge in [-0.15, -0.1) is 11.3 Å². The van der Waals surface area contributed by atoms with Crippen LogP contribution in [0.2, 0.25) is 0 Å². The van der Waals surface area contributed by atoms with Gasteiger partial charge in [0, 0.05) is 25.7 Å². The van der Waals surface area contributed by atoms with E-state index in [0.717, 1.165) is 13.1 Å². The van der Waals surface area contributed by atoms with E-state index in [1.54, 1.807) is 21.8 Å². The molecule has 0 aromatic carbocycles. The minimum absolute atomic E-state index is 0.0332. The first-order chi connectivity index (χ1) is 7.12. The molecule has 0 bridgehead atoms. The van der Waals surface area contributed by atoms with Crippen LogP contribution in [-0.2, 0) is 10.0 Å². The SMILES string of the molecule is CC1CNCCN1S(=O)(=O)c1cccs1. The van der Waals surface area contributed by atoms with E-state index in [0.29, 0.717) is 10.8 Å². The first kappa shape index (κ1) is 11.1. The monoisotopic (exact) mass is 246 g/mol. The second-order valence-corrected chi connectivity index (χ2v) is 6.67. The summed E-state index contributed by atoms with van der Waals surface area (Å²) in [5.74, 6) is 0. The third-order valence-electron chi connectivity index (χ3n) is 2.50. The molecule has 0 saturated carbocycles. The van der Waals surface area contributed by atoms with E-state index < -0.39 is 10.0 Å². The normalized spacial score (nSPS) is 24.2. The number of nitrogens with one attached hydrogen (secondary N) is 1. The van der Waals surface area contributed by atoms with Crippen molar-refractivity contribution in [3.05, 3.63) is 17.5 Å². The van der Waals surface area contributed by atoms with Crippen molar-refractivity contribution in [2.24, 2.45) is 0 Å².